The van der Waals surface area contributed by atoms with E-state index >= 15 is 0 Å². The van der Waals surface area contributed by atoms with Gasteiger partial charge in [0.25, 0.3) is 0 Å². The highest BCUT2D eigenvalue weighted by Gasteiger charge is 2.20. The van der Waals surface area contributed by atoms with Crippen molar-refractivity contribution in [2.75, 3.05) is 13.2 Å². The highest BCUT2D eigenvalue weighted by Crippen LogP contribution is 2.22. The van der Waals surface area contributed by atoms with Crippen molar-refractivity contribution in [1.29, 1.82) is 0 Å². The van der Waals surface area contributed by atoms with E-state index in [0.29, 0.717) is 25.7 Å². The first-order chi connectivity index (χ1) is 6.74. The zero-order valence-electron chi connectivity index (χ0n) is 8.50. The van der Waals surface area contributed by atoms with Crippen molar-refractivity contribution < 1.29 is 14.3 Å². The monoisotopic (exact) mass is 264 g/mol. The molecule has 0 aromatic carbocycles. The molecule has 0 saturated heterocycles. The van der Waals surface area contributed by atoms with Gasteiger partial charge in [-0.1, -0.05) is 15.9 Å². The van der Waals surface area contributed by atoms with E-state index in [1.807, 2.05) is 6.92 Å². The Labute approximate surface area is 93.3 Å². The molecule has 1 aliphatic rings. The van der Waals surface area contributed by atoms with Crippen molar-refractivity contribution in [2.24, 2.45) is 0 Å². The molecule has 1 unspecified atom stereocenters. The minimum absolute atomic E-state index is 0.190. The summed E-state index contributed by atoms with van der Waals surface area (Å²) in [6, 6.07) is 0. The molecule has 0 aliphatic heterocycles. The molecule has 0 aromatic heterocycles. The van der Waals surface area contributed by atoms with Crippen molar-refractivity contribution in [1.82, 2.24) is 0 Å². The maximum absolute atomic E-state index is 11.2. The molecule has 0 radical (unpaired) electrons. The Morgan fingerprint density at radius 1 is 1.57 bits per heavy atom. The minimum atomic E-state index is -0.220. The largest absolute Gasteiger partial charge is 0.465 e. The molecule has 1 fully saturated rings. The summed E-state index contributed by atoms with van der Waals surface area (Å²) in [5.41, 5.74) is 0. The zero-order chi connectivity index (χ0) is 10.4. The normalized spacial score (nSPS) is 18.7. The molecule has 3 nitrogen and oxygen atoms in total. The van der Waals surface area contributed by atoms with Gasteiger partial charge in [-0.15, -0.1) is 0 Å². The van der Waals surface area contributed by atoms with Crippen LogP contribution in [0.15, 0.2) is 0 Å². The third-order valence-corrected chi connectivity index (χ3v) is 3.15. The summed E-state index contributed by atoms with van der Waals surface area (Å²) < 4.78 is 10.4. The Balaban J connectivity index is 2.01. The topological polar surface area (TPSA) is 35.5 Å². The molecule has 0 bridgehead atoms. The number of carbonyl (C=O) groups is 1. The lowest BCUT2D eigenvalue weighted by molar-refractivity contribution is -0.142. The molecule has 0 N–H and O–H groups in total. The minimum Gasteiger partial charge on any atom is -0.465 e. The quantitative estimate of drug-likeness (QED) is 0.546. The molecule has 0 heterocycles. The fourth-order valence-corrected chi connectivity index (χ4v) is 1.55. The molecule has 1 aliphatic carbocycles. The first-order valence-corrected chi connectivity index (χ1v) is 6.08. The van der Waals surface area contributed by atoms with E-state index in [9.17, 15) is 4.79 Å². The lowest BCUT2D eigenvalue weighted by Gasteiger charge is -2.25. The highest BCUT2D eigenvalue weighted by atomic mass is 79.9. The lowest BCUT2D eigenvalue weighted by atomic mass is 9.96. The summed E-state index contributed by atoms with van der Waals surface area (Å²) in [7, 11) is 0. The van der Waals surface area contributed by atoms with Gasteiger partial charge in [-0.05, 0) is 32.6 Å². The SMILES string of the molecule is CCOC(=O)C(Br)CCOC1CCC1. The average Bonchev–Trinajstić information content (AvgIpc) is 2.09. The van der Waals surface area contributed by atoms with Crippen molar-refractivity contribution in [3.63, 3.8) is 0 Å². The number of hydrogen-bond donors (Lipinski definition) is 0. The number of hydrogen-bond acceptors (Lipinski definition) is 3. The van der Waals surface area contributed by atoms with Gasteiger partial charge in [0.15, 0.2) is 0 Å². The summed E-state index contributed by atoms with van der Waals surface area (Å²) in [6.45, 7) is 2.88. The van der Waals surface area contributed by atoms with Gasteiger partial charge in [0.2, 0.25) is 0 Å². The van der Waals surface area contributed by atoms with Crippen LogP contribution in [0.1, 0.15) is 32.6 Å². The van der Waals surface area contributed by atoms with Crippen LogP contribution in [0.25, 0.3) is 0 Å². The Morgan fingerprint density at radius 3 is 2.79 bits per heavy atom. The molecule has 1 saturated carbocycles. The predicted molar refractivity (Wildman–Crippen MR) is 57.6 cm³/mol. The molecule has 4 heteroatoms. The van der Waals surface area contributed by atoms with E-state index in [4.69, 9.17) is 9.47 Å². The van der Waals surface area contributed by atoms with E-state index in [1.54, 1.807) is 0 Å². The van der Waals surface area contributed by atoms with E-state index in [1.165, 1.54) is 19.3 Å². The standard InChI is InChI=1S/C10H17BrO3/c1-2-13-10(12)9(11)6-7-14-8-4-3-5-8/h8-9H,2-7H2,1H3. The van der Waals surface area contributed by atoms with E-state index in [2.05, 4.69) is 15.9 Å². The Kier molecular flexibility index (Phi) is 5.48. The Hall–Kier alpha value is -0.0900. The first kappa shape index (κ1) is 12.0. The molecule has 1 rings (SSSR count). The molecule has 0 amide bonds. The van der Waals surface area contributed by atoms with Crippen LogP contribution in [0.3, 0.4) is 0 Å². The molecule has 82 valence electrons. The number of alkyl halides is 1. The van der Waals surface area contributed by atoms with Crippen LogP contribution in [-0.4, -0.2) is 30.1 Å². The summed E-state index contributed by atoms with van der Waals surface area (Å²) in [6.07, 6.45) is 4.76. The Bertz CT molecular complexity index is 180. The van der Waals surface area contributed by atoms with Crippen LogP contribution in [-0.2, 0) is 14.3 Å². The summed E-state index contributed by atoms with van der Waals surface area (Å²) in [5, 5.41) is 0. The van der Waals surface area contributed by atoms with E-state index in [-0.39, 0.29) is 10.8 Å². The highest BCUT2D eigenvalue weighted by molar-refractivity contribution is 9.10. The van der Waals surface area contributed by atoms with Gasteiger partial charge in [-0.3, -0.25) is 4.79 Å². The van der Waals surface area contributed by atoms with Crippen LogP contribution in [0.5, 0.6) is 0 Å². The number of halogens is 1. The molecule has 0 aromatic rings. The fourth-order valence-electron chi connectivity index (χ4n) is 1.23. The molecular formula is C10H17BrO3. The first-order valence-electron chi connectivity index (χ1n) is 5.16. The second kappa shape index (κ2) is 6.40. The number of rotatable bonds is 6. The van der Waals surface area contributed by atoms with E-state index in [0.717, 1.165) is 0 Å². The lowest BCUT2D eigenvalue weighted by Crippen LogP contribution is -2.25. The average molecular weight is 265 g/mol. The van der Waals surface area contributed by atoms with Gasteiger partial charge in [0, 0.05) is 6.61 Å². The molecule has 14 heavy (non-hydrogen) atoms. The predicted octanol–water partition coefficient (Wildman–Crippen LogP) is 2.27. The zero-order valence-corrected chi connectivity index (χ0v) is 10.1. The van der Waals surface area contributed by atoms with Gasteiger partial charge in [0.05, 0.1) is 12.7 Å². The molecule has 0 spiro atoms. The van der Waals surface area contributed by atoms with E-state index < -0.39 is 0 Å². The summed E-state index contributed by atoms with van der Waals surface area (Å²) in [4.78, 5) is 11.0. The number of ether oxygens (including phenoxy) is 2. The third kappa shape index (κ3) is 3.96. The summed E-state index contributed by atoms with van der Waals surface area (Å²) >= 11 is 3.28. The van der Waals surface area contributed by atoms with Crippen molar-refractivity contribution in [3.8, 4) is 0 Å². The van der Waals surface area contributed by atoms with Crippen LogP contribution < -0.4 is 0 Å². The summed E-state index contributed by atoms with van der Waals surface area (Å²) in [5.74, 6) is -0.190. The van der Waals surface area contributed by atoms with Crippen molar-refractivity contribution in [2.45, 2.75) is 43.5 Å². The van der Waals surface area contributed by atoms with Gasteiger partial charge in [-0.25, -0.2) is 0 Å². The fraction of sp³-hybridized carbons (Fsp3) is 0.900. The maximum atomic E-state index is 11.2. The molecular weight excluding hydrogens is 248 g/mol. The van der Waals surface area contributed by atoms with Crippen molar-refractivity contribution in [3.05, 3.63) is 0 Å². The third-order valence-electron chi connectivity index (χ3n) is 2.32. The van der Waals surface area contributed by atoms with Gasteiger partial charge < -0.3 is 9.47 Å². The smallest absolute Gasteiger partial charge is 0.319 e. The van der Waals surface area contributed by atoms with Crippen LogP contribution in [0.2, 0.25) is 0 Å². The van der Waals surface area contributed by atoms with Crippen LogP contribution in [0.4, 0.5) is 0 Å². The van der Waals surface area contributed by atoms with Crippen molar-refractivity contribution >= 4 is 21.9 Å². The molecule has 1 atom stereocenters. The maximum Gasteiger partial charge on any atom is 0.319 e. The van der Waals surface area contributed by atoms with Crippen LogP contribution in [0, 0.1) is 0 Å². The Morgan fingerprint density at radius 2 is 2.29 bits per heavy atom. The number of esters is 1. The second-order valence-corrected chi connectivity index (χ2v) is 4.54. The second-order valence-electron chi connectivity index (χ2n) is 3.43. The number of carbonyl (C=O) groups excluding carboxylic acids is 1. The van der Waals surface area contributed by atoms with Gasteiger partial charge >= 0.3 is 5.97 Å². The van der Waals surface area contributed by atoms with Gasteiger partial charge in [0.1, 0.15) is 4.83 Å². The van der Waals surface area contributed by atoms with Gasteiger partial charge in [-0.2, -0.15) is 0 Å². The van der Waals surface area contributed by atoms with Crippen LogP contribution >= 0.6 is 15.9 Å².